The molecule has 0 saturated carbocycles. The van der Waals surface area contributed by atoms with E-state index in [-0.39, 0.29) is 0 Å². The first kappa shape index (κ1) is 9.14. The predicted molar refractivity (Wildman–Crippen MR) is 56.0 cm³/mol. The van der Waals surface area contributed by atoms with Crippen molar-refractivity contribution in [3.63, 3.8) is 0 Å². The molecule has 72 valence electrons. The third-order valence-electron chi connectivity index (χ3n) is 1.63. The monoisotopic (exact) mass is 253 g/mol. The highest BCUT2D eigenvalue weighted by Gasteiger charge is 2.03. The summed E-state index contributed by atoms with van der Waals surface area (Å²) in [7, 11) is 0. The van der Waals surface area contributed by atoms with Gasteiger partial charge in [0.05, 0.1) is 5.69 Å². The van der Waals surface area contributed by atoms with Crippen molar-refractivity contribution in [1.82, 2.24) is 19.7 Å². The highest BCUT2D eigenvalue weighted by molar-refractivity contribution is 9.10. The molecule has 2 N–H and O–H groups in total. The standard InChI is InChI=1S/C8H8BrN5/c1-5-2-3-14(13-5)8-11-6(9)4-7(10)12-8/h2-4H,1H3,(H2,10,11,12). The van der Waals surface area contributed by atoms with E-state index in [1.807, 2.05) is 13.0 Å². The van der Waals surface area contributed by atoms with E-state index < -0.39 is 0 Å². The average Bonchev–Trinajstić information content (AvgIpc) is 2.50. The Morgan fingerprint density at radius 2 is 2.21 bits per heavy atom. The van der Waals surface area contributed by atoms with Gasteiger partial charge in [0.15, 0.2) is 0 Å². The fraction of sp³-hybridized carbons (Fsp3) is 0.125. The van der Waals surface area contributed by atoms with Crippen LogP contribution in [0.2, 0.25) is 0 Å². The number of halogens is 1. The first-order valence-electron chi connectivity index (χ1n) is 3.98. The second-order valence-corrected chi connectivity index (χ2v) is 3.63. The van der Waals surface area contributed by atoms with Gasteiger partial charge in [-0.05, 0) is 28.9 Å². The zero-order valence-electron chi connectivity index (χ0n) is 7.48. The number of hydrogen-bond donors (Lipinski definition) is 1. The molecule has 0 bridgehead atoms. The van der Waals surface area contributed by atoms with E-state index in [1.54, 1.807) is 16.9 Å². The normalized spacial score (nSPS) is 10.4. The number of aromatic nitrogens is 4. The summed E-state index contributed by atoms with van der Waals surface area (Å²) in [6, 6.07) is 3.51. The lowest BCUT2D eigenvalue weighted by atomic mass is 10.5. The van der Waals surface area contributed by atoms with Gasteiger partial charge in [-0.3, -0.25) is 0 Å². The van der Waals surface area contributed by atoms with Crippen LogP contribution >= 0.6 is 15.9 Å². The van der Waals surface area contributed by atoms with E-state index in [2.05, 4.69) is 31.0 Å². The Bertz CT molecular complexity index is 444. The Kier molecular flexibility index (Phi) is 2.20. The van der Waals surface area contributed by atoms with Gasteiger partial charge in [-0.2, -0.15) is 10.1 Å². The molecule has 2 heterocycles. The Morgan fingerprint density at radius 3 is 2.79 bits per heavy atom. The zero-order valence-corrected chi connectivity index (χ0v) is 9.06. The van der Waals surface area contributed by atoms with Gasteiger partial charge in [-0.15, -0.1) is 0 Å². The van der Waals surface area contributed by atoms with Gasteiger partial charge in [0.1, 0.15) is 10.4 Å². The SMILES string of the molecule is Cc1ccn(-c2nc(N)cc(Br)n2)n1. The fourth-order valence-electron chi connectivity index (χ4n) is 1.05. The smallest absolute Gasteiger partial charge is 0.253 e. The third-order valence-corrected chi connectivity index (χ3v) is 2.04. The van der Waals surface area contributed by atoms with E-state index in [4.69, 9.17) is 5.73 Å². The maximum absolute atomic E-state index is 5.58. The summed E-state index contributed by atoms with van der Waals surface area (Å²) in [5.41, 5.74) is 6.49. The summed E-state index contributed by atoms with van der Waals surface area (Å²) >= 11 is 3.24. The summed E-state index contributed by atoms with van der Waals surface area (Å²) in [6.45, 7) is 1.90. The van der Waals surface area contributed by atoms with Crippen LogP contribution in [0.5, 0.6) is 0 Å². The Balaban J connectivity index is 2.51. The molecular weight excluding hydrogens is 246 g/mol. The number of hydrogen-bond acceptors (Lipinski definition) is 4. The quantitative estimate of drug-likeness (QED) is 0.779. The number of nitrogens with zero attached hydrogens (tertiary/aromatic N) is 4. The first-order valence-corrected chi connectivity index (χ1v) is 4.77. The van der Waals surface area contributed by atoms with Crippen LogP contribution in [-0.2, 0) is 0 Å². The Morgan fingerprint density at radius 1 is 1.43 bits per heavy atom. The molecule has 0 aliphatic heterocycles. The molecular formula is C8H8BrN5. The topological polar surface area (TPSA) is 69.6 Å². The van der Waals surface area contributed by atoms with Crippen molar-refractivity contribution in [2.75, 3.05) is 5.73 Å². The van der Waals surface area contributed by atoms with Gasteiger partial charge in [0.25, 0.3) is 5.95 Å². The van der Waals surface area contributed by atoms with Gasteiger partial charge in [0.2, 0.25) is 0 Å². The molecule has 5 nitrogen and oxygen atoms in total. The largest absolute Gasteiger partial charge is 0.383 e. The van der Waals surface area contributed by atoms with Crippen LogP contribution in [0.25, 0.3) is 5.95 Å². The fourth-order valence-corrected chi connectivity index (χ4v) is 1.44. The van der Waals surface area contributed by atoms with Crippen LogP contribution < -0.4 is 5.73 Å². The highest BCUT2D eigenvalue weighted by Crippen LogP contribution is 2.11. The highest BCUT2D eigenvalue weighted by atomic mass is 79.9. The van der Waals surface area contributed by atoms with Crippen molar-refractivity contribution in [2.24, 2.45) is 0 Å². The Hall–Kier alpha value is -1.43. The van der Waals surface area contributed by atoms with E-state index in [0.717, 1.165) is 5.69 Å². The minimum atomic E-state index is 0.412. The van der Waals surface area contributed by atoms with Crippen LogP contribution in [0.15, 0.2) is 22.9 Å². The molecule has 0 saturated heterocycles. The molecule has 0 fully saturated rings. The maximum Gasteiger partial charge on any atom is 0.253 e. The van der Waals surface area contributed by atoms with Crippen LogP contribution in [0, 0.1) is 6.92 Å². The summed E-state index contributed by atoms with van der Waals surface area (Å²) in [4.78, 5) is 8.20. The van der Waals surface area contributed by atoms with Gasteiger partial charge in [-0.25, -0.2) is 9.67 Å². The van der Waals surface area contributed by atoms with Crippen molar-refractivity contribution in [1.29, 1.82) is 0 Å². The predicted octanol–water partition coefficient (Wildman–Crippen LogP) is 1.32. The van der Waals surface area contributed by atoms with Crippen molar-refractivity contribution in [3.8, 4) is 5.95 Å². The number of rotatable bonds is 1. The summed E-state index contributed by atoms with van der Waals surface area (Å²) in [5, 5.41) is 4.18. The van der Waals surface area contributed by atoms with Gasteiger partial charge >= 0.3 is 0 Å². The van der Waals surface area contributed by atoms with E-state index in [9.17, 15) is 0 Å². The van der Waals surface area contributed by atoms with Crippen molar-refractivity contribution >= 4 is 21.7 Å². The second-order valence-electron chi connectivity index (χ2n) is 2.82. The minimum Gasteiger partial charge on any atom is -0.383 e. The van der Waals surface area contributed by atoms with Crippen molar-refractivity contribution < 1.29 is 0 Å². The molecule has 0 aliphatic rings. The van der Waals surface area contributed by atoms with Crippen LogP contribution in [-0.4, -0.2) is 19.7 Å². The molecule has 0 spiro atoms. The molecule has 0 radical (unpaired) electrons. The Labute approximate surface area is 89.1 Å². The third kappa shape index (κ3) is 1.74. The maximum atomic E-state index is 5.58. The molecule has 2 rings (SSSR count). The molecule has 0 atom stereocenters. The number of anilines is 1. The van der Waals surface area contributed by atoms with Crippen molar-refractivity contribution in [2.45, 2.75) is 6.92 Å². The lowest BCUT2D eigenvalue weighted by Gasteiger charge is -2.00. The molecule has 0 unspecified atom stereocenters. The number of nitrogens with two attached hydrogens (primary N) is 1. The van der Waals surface area contributed by atoms with Crippen LogP contribution in [0.4, 0.5) is 5.82 Å². The molecule has 2 aromatic heterocycles. The van der Waals surface area contributed by atoms with Crippen LogP contribution in [0.1, 0.15) is 5.69 Å². The van der Waals surface area contributed by atoms with Gasteiger partial charge in [-0.1, -0.05) is 0 Å². The second kappa shape index (κ2) is 3.38. The molecule has 2 aromatic rings. The summed E-state index contributed by atoms with van der Waals surface area (Å²) in [5.74, 6) is 0.875. The van der Waals surface area contributed by atoms with Crippen molar-refractivity contribution in [3.05, 3.63) is 28.6 Å². The lowest BCUT2D eigenvalue weighted by Crippen LogP contribution is -2.04. The molecule has 0 aliphatic carbocycles. The van der Waals surface area contributed by atoms with Crippen LogP contribution in [0.3, 0.4) is 0 Å². The number of nitrogen functional groups attached to an aromatic ring is 1. The molecule has 14 heavy (non-hydrogen) atoms. The van der Waals surface area contributed by atoms with Gasteiger partial charge in [0, 0.05) is 12.3 Å². The summed E-state index contributed by atoms with van der Waals surface area (Å²) in [6.07, 6.45) is 1.79. The molecule has 6 heteroatoms. The zero-order chi connectivity index (χ0) is 10.1. The van der Waals surface area contributed by atoms with Gasteiger partial charge < -0.3 is 5.73 Å². The summed E-state index contributed by atoms with van der Waals surface area (Å²) < 4.78 is 2.23. The van der Waals surface area contributed by atoms with E-state index in [1.165, 1.54) is 0 Å². The lowest BCUT2D eigenvalue weighted by molar-refractivity contribution is 0.795. The minimum absolute atomic E-state index is 0.412. The van der Waals surface area contributed by atoms with E-state index in [0.29, 0.717) is 16.4 Å². The average molecular weight is 254 g/mol. The molecule has 0 aromatic carbocycles. The molecule has 0 amide bonds. The first-order chi connectivity index (χ1) is 6.65. The number of aryl methyl sites for hydroxylation is 1. The van der Waals surface area contributed by atoms with E-state index >= 15 is 0 Å².